The number of alkyl halides is 3. The van der Waals surface area contributed by atoms with Crippen LogP contribution in [-0.4, -0.2) is 42.0 Å². The number of aromatic nitrogens is 2. The minimum absolute atomic E-state index is 0.104. The maximum absolute atomic E-state index is 13.7. The van der Waals surface area contributed by atoms with E-state index in [1.54, 1.807) is 9.58 Å². The number of morpholine rings is 1. The summed E-state index contributed by atoms with van der Waals surface area (Å²) in [5.41, 5.74) is 1.08. The number of nitrogens with zero attached hydrogens (tertiary/aromatic N) is 3. The quantitative estimate of drug-likeness (QED) is 0.750. The average molecular weight is 424 g/mol. The number of halogens is 3. The summed E-state index contributed by atoms with van der Waals surface area (Å²) in [6, 6.07) is 5.23. The number of anilines is 2. The zero-order valence-corrected chi connectivity index (χ0v) is 17.4. The molecule has 164 valence electrons. The third-order valence-corrected chi connectivity index (χ3v) is 5.13. The molecule has 0 aliphatic carbocycles. The van der Waals surface area contributed by atoms with Gasteiger partial charge >= 0.3 is 6.18 Å². The monoisotopic (exact) mass is 424 g/mol. The van der Waals surface area contributed by atoms with Gasteiger partial charge in [-0.3, -0.25) is 9.48 Å². The van der Waals surface area contributed by atoms with Crippen molar-refractivity contribution in [2.75, 3.05) is 36.5 Å². The van der Waals surface area contributed by atoms with Gasteiger partial charge in [-0.1, -0.05) is 13.3 Å². The van der Waals surface area contributed by atoms with Crippen LogP contribution in [0.1, 0.15) is 42.8 Å². The Hall–Kier alpha value is -2.55. The Bertz CT molecular complexity index is 889. The van der Waals surface area contributed by atoms with Gasteiger partial charge in [-0.2, -0.15) is 18.3 Å². The van der Waals surface area contributed by atoms with Crippen molar-refractivity contribution in [3.05, 3.63) is 41.2 Å². The molecule has 9 heteroatoms. The first-order chi connectivity index (χ1) is 14.2. The number of amides is 1. The van der Waals surface area contributed by atoms with Crippen molar-refractivity contribution in [2.24, 2.45) is 0 Å². The first-order valence-electron chi connectivity index (χ1n) is 10.1. The van der Waals surface area contributed by atoms with Crippen molar-refractivity contribution in [3.8, 4) is 0 Å². The van der Waals surface area contributed by atoms with E-state index in [-0.39, 0.29) is 17.3 Å². The van der Waals surface area contributed by atoms with Crippen molar-refractivity contribution in [1.29, 1.82) is 0 Å². The predicted molar refractivity (Wildman–Crippen MR) is 109 cm³/mol. The molecule has 1 atom stereocenters. The minimum atomic E-state index is -4.53. The fourth-order valence-electron chi connectivity index (χ4n) is 3.75. The molecule has 0 bridgehead atoms. The van der Waals surface area contributed by atoms with Crippen LogP contribution in [0.25, 0.3) is 0 Å². The normalized spacial score (nSPS) is 15.9. The maximum atomic E-state index is 13.7. The molecule has 2 aromatic rings. The van der Waals surface area contributed by atoms with Gasteiger partial charge in [0.2, 0.25) is 5.91 Å². The third-order valence-electron chi connectivity index (χ3n) is 5.13. The molecule has 1 saturated heterocycles. The van der Waals surface area contributed by atoms with E-state index in [1.807, 2.05) is 26.8 Å². The first kappa shape index (κ1) is 22.1. The molecule has 1 amide bonds. The highest BCUT2D eigenvalue weighted by Crippen LogP contribution is 2.38. The van der Waals surface area contributed by atoms with Crippen LogP contribution in [0.15, 0.2) is 24.3 Å². The highest BCUT2D eigenvalue weighted by atomic mass is 19.4. The molecule has 2 heterocycles. The van der Waals surface area contributed by atoms with E-state index in [2.05, 4.69) is 10.4 Å². The summed E-state index contributed by atoms with van der Waals surface area (Å²) < 4.78 is 48.1. The maximum Gasteiger partial charge on any atom is 0.418 e. The van der Waals surface area contributed by atoms with Crippen molar-refractivity contribution >= 4 is 17.3 Å². The molecular weight excluding hydrogens is 397 g/mol. The highest BCUT2D eigenvalue weighted by Gasteiger charge is 2.36. The molecule has 3 rings (SSSR count). The lowest BCUT2D eigenvalue weighted by molar-refractivity contribution is -0.137. The van der Waals surface area contributed by atoms with Gasteiger partial charge in [0.15, 0.2) is 0 Å². The number of aryl methyl sites for hydroxylation is 2. The van der Waals surface area contributed by atoms with Gasteiger partial charge in [-0.05, 0) is 44.5 Å². The molecule has 0 radical (unpaired) electrons. The van der Waals surface area contributed by atoms with Crippen LogP contribution in [-0.2, 0) is 15.7 Å². The number of hydrogen-bond donors (Lipinski definition) is 1. The van der Waals surface area contributed by atoms with Crippen LogP contribution in [0.5, 0.6) is 0 Å². The second-order valence-electron chi connectivity index (χ2n) is 7.49. The van der Waals surface area contributed by atoms with E-state index >= 15 is 0 Å². The van der Waals surface area contributed by atoms with Crippen molar-refractivity contribution < 1.29 is 22.7 Å². The Morgan fingerprint density at radius 1 is 1.23 bits per heavy atom. The smallest absolute Gasteiger partial charge is 0.378 e. The molecule has 0 unspecified atom stereocenters. The molecule has 1 aromatic carbocycles. The van der Waals surface area contributed by atoms with Crippen molar-refractivity contribution in [3.63, 3.8) is 0 Å². The Kier molecular flexibility index (Phi) is 6.70. The minimum Gasteiger partial charge on any atom is -0.378 e. The molecule has 1 aliphatic rings. The highest BCUT2D eigenvalue weighted by molar-refractivity contribution is 5.94. The van der Waals surface area contributed by atoms with E-state index < -0.39 is 17.8 Å². The Balaban J connectivity index is 1.87. The van der Waals surface area contributed by atoms with E-state index in [4.69, 9.17) is 4.74 Å². The summed E-state index contributed by atoms with van der Waals surface area (Å²) in [4.78, 5) is 14.6. The third kappa shape index (κ3) is 4.95. The number of carbonyl (C=O) groups excluding carboxylic acids is 1. The Labute approximate surface area is 174 Å². The molecular formula is C21H27F3N4O2. The van der Waals surface area contributed by atoms with E-state index in [0.717, 1.165) is 23.9 Å². The summed E-state index contributed by atoms with van der Waals surface area (Å²) in [6.07, 6.45) is -3.27. The zero-order chi connectivity index (χ0) is 21.9. The summed E-state index contributed by atoms with van der Waals surface area (Å²) in [5, 5.41) is 7.04. The van der Waals surface area contributed by atoms with Gasteiger partial charge in [-0.15, -0.1) is 0 Å². The van der Waals surface area contributed by atoms with E-state index in [1.165, 1.54) is 12.1 Å². The standard InChI is InChI=1S/C21H27F3N4O2/c1-4-5-19(28-15(3)12-14(2)26-28)20(29)25-16-6-7-18(17(13-16)21(22,23)24)27-8-10-30-11-9-27/h6-7,12-13,19H,4-5,8-11H2,1-3H3,(H,25,29)/t19-/m0/s1. The van der Waals surface area contributed by atoms with Gasteiger partial charge in [0, 0.05) is 30.2 Å². The van der Waals surface area contributed by atoms with Gasteiger partial charge in [-0.25, -0.2) is 0 Å². The number of nitrogens with one attached hydrogen (secondary N) is 1. The predicted octanol–water partition coefficient (Wildman–Crippen LogP) is 4.34. The zero-order valence-electron chi connectivity index (χ0n) is 17.4. The van der Waals surface area contributed by atoms with Crippen molar-refractivity contribution in [1.82, 2.24) is 9.78 Å². The van der Waals surface area contributed by atoms with Gasteiger partial charge in [0.05, 0.1) is 24.5 Å². The van der Waals surface area contributed by atoms with Gasteiger partial charge < -0.3 is 15.0 Å². The SMILES string of the molecule is CCC[C@@H](C(=O)Nc1ccc(N2CCOCC2)c(C(F)(F)F)c1)n1nc(C)cc1C. The lowest BCUT2D eigenvalue weighted by Crippen LogP contribution is -2.37. The molecule has 1 N–H and O–H groups in total. The molecule has 1 aliphatic heterocycles. The van der Waals surface area contributed by atoms with Crippen LogP contribution in [0.2, 0.25) is 0 Å². The second-order valence-corrected chi connectivity index (χ2v) is 7.49. The largest absolute Gasteiger partial charge is 0.418 e. The van der Waals surface area contributed by atoms with Gasteiger partial charge in [0.1, 0.15) is 6.04 Å². The number of ether oxygens (including phenoxy) is 1. The Morgan fingerprint density at radius 3 is 2.50 bits per heavy atom. The van der Waals surface area contributed by atoms with Gasteiger partial charge in [0.25, 0.3) is 0 Å². The van der Waals surface area contributed by atoms with Crippen LogP contribution in [0, 0.1) is 13.8 Å². The first-order valence-corrected chi connectivity index (χ1v) is 10.1. The summed E-state index contributed by atoms with van der Waals surface area (Å²) >= 11 is 0. The average Bonchev–Trinajstić information content (AvgIpc) is 3.03. The van der Waals surface area contributed by atoms with Crippen molar-refractivity contribution in [2.45, 2.75) is 45.8 Å². The van der Waals surface area contributed by atoms with Crippen LogP contribution < -0.4 is 10.2 Å². The second kappa shape index (κ2) is 9.07. The summed E-state index contributed by atoms with van der Waals surface area (Å²) in [7, 11) is 0. The lowest BCUT2D eigenvalue weighted by Gasteiger charge is -2.31. The van der Waals surface area contributed by atoms with E-state index in [9.17, 15) is 18.0 Å². The fourth-order valence-corrected chi connectivity index (χ4v) is 3.75. The topological polar surface area (TPSA) is 59.4 Å². The Morgan fingerprint density at radius 2 is 1.93 bits per heavy atom. The number of hydrogen-bond acceptors (Lipinski definition) is 4. The lowest BCUT2D eigenvalue weighted by atomic mass is 10.1. The molecule has 6 nitrogen and oxygen atoms in total. The fraction of sp³-hybridized carbons (Fsp3) is 0.524. The molecule has 30 heavy (non-hydrogen) atoms. The molecule has 0 saturated carbocycles. The molecule has 1 aromatic heterocycles. The number of carbonyl (C=O) groups is 1. The molecule has 0 spiro atoms. The number of rotatable bonds is 6. The number of benzene rings is 1. The summed E-state index contributed by atoms with van der Waals surface area (Å²) in [5.74, 6) is -0.379. The van der Waals surface area contributed by atoms with Crippen LogP contribution in [0.4, 0.5) is 24.5 Å². The van der Waals surface area contributed by atoms with Crippen LogP contribution >= 0.6 is 0 Å². The van der Waals surface area contributed by atoms with E-state index in [0.29, 0.717) is 32.7 Å². The molecule has 1 fully saturated rings. The van der Waals surface area contributed by atoms with Crippen LogP contribution in [0.3, 0.4) is 0 Å². The summed E-state index contributed by atoms with van der Waals surface area (Å²) in [6.45, 7) is 7.20.